The lowest BCUT2D eigenvalue weighted by Crippen LogP contribution is -2.22. The van der Waals surface area contributed by atoms with Crippen LogP contribution in [0.4, 0.5) is 0 Å². The zero-order valence-electron chi connectivity index (χ0n) is 11.2. The van der Waals surface area contributed by atoms with Crippen molar-refractivity contribution in [1.29, 1.82) is 0 Å². The minimum Gasteiger partial charge on any atom is -0.375 e. The van der Waals surface area contributed by atoms with Gasteiger partial charge < -0.3 is 10.1 Å². The van der Waals surface area contributed by atoms with E-state index in [0.29, 0.717) is 12.6 Å². The van der Waals surface area contributed by atoms with Crippen molar-refractivity contribution in [1.82, 2.24) is 10.3 Å². The molecule has 0 aliphatic heterocycles. The molecular weight excluding hydrogens is 212 g/mol. The lowest BCUT2D eigenvalue weighted by molar-refractivity contribution is 0.115. The summed E-state index contributed by atoms with van der Waals surface area (Å²) in [6.07, 6.45) is 4.12. The van der Waals surface area contributed by atoms with Crippen molar-refractivity contribution in [2.45, 2.75) is 52.8 Å². The normalized spacial score (nSPS) is 11.1. The van der Waals surface area contributed by atoms with E-state index in [1.54, 1.807) is 0 Å². The average Bonchev–Trinajstić information content (AvgIpc) is 2.33. The molecule has 0 aromatic carbocycles. The highest BCUT2D eigenvalue weighted by Gasteiger charge is 2.03. The van der Waals surface area contributed by atoms with E-state index in [2.05, 4.69) is 37.1 Å². The van der Waals surface area contributed by atoms with Gasteiger partial charge in [0.15, 0.2) is 0 Å². The van der Waals surface area contributed by atoms with E-state index >= 15 is 0 Å². The lowest BCUT2D eigenvalue weighted by Gasteiger charge is -2.12. The maximum Gasteiger partial charge on any atom is 0.0891 e. The van der Waals surface area contributed by atoms with Crippen LogP contribution in [0.25, 0.3) is 0 Å². The van der Waals surface area contributed by atoms with Crippen molar-refractivity contribution in [3.8, 4) is 0 Å². The molecular formula is C14H24N2O. The van der Waals surface area contributed by atoms with Crippen molar-refractivity contribution in [2.75, 3.05) is 6.61 Å². The number of hydrogen-bond donors (Lipinski definition) is 1. The second kappa shape index (κ2) is 8.20. The molecule has 0 bridgehead atoms. The van der Waals surface area contributed by atoms with Gasteiger partial charge in [0.2, 0.25) is 0 Å². The van der Waals surface area contributed by atoms with Crippen LogP contribution in [0.2, 0.25) is 0 Å². The summed E-state index contributed by atoms with van der Waals surface area (Å²) in [5, 5.41) is 3.41. The van der Waals surface area contributed by atoms with Crippen LogP contribution in [0.5, 0.6) is 0 Å². The molecule has 0 fully saturated rings. The summed E-state index contributed by atoms with van der Waals surface area (Å²) >= 11 is 0. The molecule has 0 saturated carbocycles. The first-order chi connectivity index (χ1) is 8.24. The van der Waals surface area contributed by atoms with E-state index in [1.807, 2.05) is 12.3 Å². The van der Waals surface area contributed by atoms with E-state index in [0.717, 1.165) is 25.3 Å². The highest BCUT2D eigenvalue weighted by molar-refractivity contribution is 5.18. The van der Waals surface area contributed by atoms with Gasteiger partial charge >= 0.3 is 0 Å². The fraction of sp³-hybridized carbons (Fsp3) is 0.643. The number of pyridine rings is 1. The zero-order valence-corrected chi connectivity index (χ0v) is 11.2. The Labute approximate surface area is 105 Å². The zero-order chi connectivity index (χ0) is 12.5. The summed E-state index contributed by atoms with van der Waals surface area (Å²) in [5.74, 6) is 0. The third-order valence-corrected chi connectivity index (χ3v) is 2.57. The molecule has 1 aromatic rings. The topological polar surface area (TPSA) is 34.1 Å². The fourth-order valence-electron chi connectivity index (χ4n) is 1.49. The number of nitrogens with zero attached hydrogens (tertiary/aromatic N) is 1. The molecule has 1 N–H and O–H groups in total. The minimum absolute atomic E-state index is 0.490. The Bertz CT molecular complexity index is 313. The van der Waals surface area contributed by atoms with E-state index in [-0.39, 0.29) is 0 Å². The van der Waals surface area contributed by atoms with Crippen LogP contribution < -0.4 is 5.32 Å². The van der Waals surface area contributed by atoms with Crippen molar-refractivity contribution in [2.24, 2.45) is 0 Å². The first kappa shape index (κ1) is 14.1. The highest BCUT2D eigenvalue weighted by atomic mass is 16.5. The monoisotopic (exact) mass is 236 g/mol. The molecule has 1 heterocycles. The standard InChI is InChI=1S/C14H24N2O/c1-4-5-9-17-11-14-13(7-6-8-15-14)10-16-12(2)3/h6-8,12,16H,4-5,9-11H2,1-3H3. The molecule has 0 spiro atoms. The van der Waals surface area contributed by atoms with Gasteiger partial charge in [-0.05, 0) is 18.1 Å². The largest absolute Gasteiger partial charge is 0.375 e. The first-order valence-corrected chi connectivity index (χ1v) is 6.48. The average molecular weight is 236 g/mol. The van der Waals surface area contributed by atoms with Crippen molar-refractivity contribution >= 4 is 0 Å². The number of hydrogen-bond acceptors (Lipinski definition) is 3. The Morgan fingerprint density at radius 3 is 2.94 bits per heavy atom. The molecule has 0 atom stereocenters. The van der Waals surface area contributed by atoms with Gasteiger partial charge in [-0.1, -0.05) is 33.3 Å². The highest BCUT2D eigenvalue weighted by Crippen LogP contribution is 2.07. The number of unbranched alkanes of at least 4 members (excludes halogenated alkanes) is 1. The Kier molecular flexibility index (Phi) is 6.82. The predicted octanol–water partition coefficient (Wildman–Crippen LogP) is 2.90. The molecule has 1 aromatic heterocycles. The van der Waals surface area contributed by atoms with Crippen LogP contribution in [0.15, 0.2) is 18.3 Å². The van der Waals surface area contributed by atoms with Gasteiger partial charge in [-0.15, -0.1) is 0 Å². The predicted molar refractivity (Wildman–Crippen MR) is 70.8 cm³/mol. The van der Waals surface area contributed by atoms with E-state index in [1.165, 1.54) is 12.0 Å². The third-order valence-electron chi connectivity index (χ3n) is 2.57. The van der Waals surface area contributed by atoms with Crippen molar-refractivity contribution in [3.63, 3.8) is 0 Å². The smallest absolute Gasteiger partial charge is 0.0891 e. The molecule has 0 aliphatic rings. The van der Waals surface area contributed by atoms with Crippen LogP contribution >= 0.6 is 0 Å². The summed E-state index contributed by atoms with van der Waals surface area (Å²) in [6.45, 7) is 8.77. The van der Waals surface area contributed by atoms with Gasteiger partial charge in [0.05, 0.1) is 12.3 Å². The van der Waals surface area contributed by atoms with Crippen LogP contribution in [0, 0.1) is 0 Å². The van der Waals surface area contributed by atoms with Gasteiger partial charge in [0.1, 0.15) is 0 Å². The van der Waals surface area contributed by atoms with Gasteiger partial charge in [-0.3, -0.25) is 4.98 Å². The minimum atomic E-state index is 0.490. The van der Waals surface area contributed by atoms with E-state index in [9.17, 15) is 0 Å². The second-order valence-electron chi connectivity index (χ2n) is 4.55. The summed E-state index contributed by atoms with van der Waals surface area (Å²) in [4.78, 5) is 4.39. The molecule has 0 unspecified atom stereocenters. The van der Waals surface area contributed by atoms with Crippen LogP contribution in [0.3, 0.4) is 0 Å². The van der Waals surface area contributed by atoms with Gasteiger partial charge in [0, 0.05) is 25.4 Å². The molecule has 0 saturated heterocycles. The second-order valence-corrected chi connectivity index (χ2v) is 4.55. The fourth-order valence-corrected chi connectivity index (χ4v) is 1.49. The Hall–Kier alpha value is -0.930. The van der Waals surface area contributed by atoms with Gasteiger partial charge in [0.25, 0.3) is 0 Å². The van der Waals surface area contributed by atoms with E-state index < -0.39 is 0 Å². The van der Waals surface area contributed by atoms with Crippen molar-refractivity contribution < 1.29 is 4.74 Å². The summed E-state index contributed by atoms with van der Waals surface area (Å²) in [6, 6.07) is 4.58. The van der Waals surface area contributed by atoms with Crippen molar-refractivity contribution in [3.05, 3.63) is 29.6 Å². The number of ether oxygens (including phenoxy) is 1. The molecule has 96 valence electrons. The van der Waals surface area contributed by atoms with Gasteiger partial charge in [-0.25, -0.2) is 0 Å². The lowest BCUT2D eigenvalue weighted by atomic mass is 10.2. The van der Waals surface area contributed by atoms with Crippen LogP contribution in [0.1, 0.15) is 44.9 Å². The third kappa shape index (κ3) is 5.80. The summed E-state index contributed by atoms with van der Waals surface area (Å²) in [5.41, 5.74) is 2.29. The number of rotatable bonds is 8. The van der Waals surface area contributed by atoms with Crippen LogP contribution in [-0.2, 0) is 17.9 Å². The van der Waals surface area contributed by atoms with E-state index in [4.69, 9.17) is 4.74 Å². The maximum atomic E-state index is 5.62. The molecule has 0 radical (unpaired) electrons. The van der Waals surface area contributed by atoms with Gasteiger partial charge in [-0.2, -0.15) is 0 Å². The summed E-state index contributed by atoms with van der Waals surface area (Å²) < 4.78 is 5.62. The summed E-state index contributed by atoms with van der Waals surface area (Å²) in [7, 11) is 0. The number of nitrogens with one attached hydrogen (secondary N) is 1. The Morgan fingerprint density at radius 1 is 1.41 bits per heavy atom. The molecule has 17 heavy (non-hydrogen) atoms. The molecule has 1 rings (SSSR count). The molecule has 3 heteroatoms. The Balaban J connectivity index is 2.46. The first-order valence-electron chi connectivity index (χ1n) is 6.48. The quantitative estimate of drug-likeness (QED) is 0.705. The number of aromatic nitrogens is 1. The molecule has 3 nitrogen and oxygen atoms in total. The van der Waals surface area contributed by atoms with Crippen LogP contribution in [-0.4, -0.2) is 17.6 Å². The molecule has 0 amide bonds. The molecule has 0 aliphatic carbocycles. The maximum absolute atomic E-state index is 5.62. The Morgan fingerprint density at radius 2 is 2.24 bits per heavy atom. The SMILES string of the molecule is CCCCOCc1ncccc1CNC(C)C.